The Kier molecular flexibility index (Phi) is 13.7. The SMILES string of the molecule is CCOc1ccc(N(CC(=O)N(Cc2ccc(Br)cc2)C(Cc2ccccc2)C(=O)NCC(C)C)S(=O)(=O)c2ccc(OC)c(OC)c2)cc1. The van der Waals surface area contributed by atoms with Gasteiger partial charge >= 0.3 is 0 Å². The predicted molar refractivity (Wildman–Crippen MR) is 198 cm³/mol. The van der Waals surface area contributed by atoms with Crippen LogP contribution in [0.4, 0.5) is 5.69 Å². The number of nitrogens with one attached hydrogen (secondary N) is 1. The summed E-state index contributed by atoms with van der Waals surface area (Å²) in [5, 5.41) is 3.00. The van der Waals surface area contributed by atoms with Gasteiger partial charge in [0.1, 0.15) is 18.3 Å². The van der Waals surface area contributed by atoms with Crippen molar-refractivity contribution in [2.75, 3.05) is 38.2 Å². The first-order valence-corrected chi connectivity index (χ1v) is 18.5. The van der Waals surface area contributed by atoms with Crippen LogP contribution in [-0.4, -0.2) is 65.1 Å². The monoisotopic (exact) mass is 765 g/mol. The average molecular weight is 767 g/mol. The Bertz CT molecular complexity index is 1820. The summed E-state index contributed by atoms with van der Waals surface area (Å²) in [5.41, 5.74) is 1.86. The van der Waals surface area contributed by atoms with E-state index in [4.69, 9.17) is 14.2 Å². The fourth-order valence-electron chi connectivity index (χ4n) is 5.27. The third kappa shape index (κ3) is 10.0. The second-order valence-corrected chi connectivity index (χ2v) is 14.7. The Morgan fingerprint density at radius 2 is 1.50 bits per heavy atom. The second kappa shape index (κ2) is 17.9. The second-order valence-electron chi connectivity index (χ2n) is 11.9. The standard InChI is InChI=1S/C38H44BrN3O7S/c1-6-49-32-18-16-31(17-19-32)42(50(45,46)33-20-21-35(47-4)36(23-33)48-5)26-37(43)41(25-29-12-14-30(39)15-13-29)34(38(44)40-24-27(2)3)22-28-10-8-7-9-11-28/h7-21,23,27,34H,6,22,24-26H2,1-5H3,(H,40,44). The van der Waals surface area contributed by atoms with Crippen molar-refractivity contribution >= 4 is 43.5 Å². The molecule has 0 fully saturated rings. The van der Waals surface area contributed by atoms with Crippen LogP contribution in [0.5, 0.6) is 17.2 Å². The molecule has 0 aliphatic carbocycles. The number of carbonyl (C=O) groups is 2. The summed E-state index contributed by atoms with van der Waals surface area (Å²) in [4.78, 5) is 30.0. The Hall–Kier alpha value is -4.55. The maximum absolute atomic E-state index is 14.7. The third-order valence-electron chi connectivity index (χ3n) is 7.88. The maximum atomic E-state index is 14.7. The van der Waals surface area contributed by atoms with Gasteiger partial charge < -0.3 is 24.4 Å². The topological polar surface area (TPSA) is 114 Å². The molecule has 0 aliphatic rings. The summed E-state index contributed by atoms with van der Waals surface area (Å²) in [5.74, 6) is 0.399. The van der Waals surface area contributed by atoms with E-state index in [1.807, 2.05) is 75.4 Å². The first-order chi connectivity index (χ1) is 24.0. The summed E-state index contributed by atoms with van der Waals surface area (Å²) < 4.78 is 47.2. The molecule has 0 bridgehead atoms. The van der Waals surface area contributed by atoms with Crippen molar-refractivity contribution in [3.8, 4) is 17.2 Å². The van der Waals surface area contributed by atoms with Crippen LogP contribution in [0.2, 0.25) is 0 Å². The molecule has 50 heavy (non-hydrogen) atoms. The normalized spacial score (nSPS) is 11.8. The molecule has 0 radical (unpaired) electrons. The van der Waals surface area contributed by atoms with Gasteiger partial charge in [-0.1, -0.05) is 72.2 Å². The van der Waals surface area contributed by atoms with E-state index in [-0.39, 0.29) is 41.1 Å². The van der Waals surface area contributed by atoms with Crippen molar-refractivity contribution in [3.05, 3.63) is 113 Å². The zero-order valence-electron chi connectivity index (χ0n) is 29.0. The summed E-state index contributed by atoms with van der Waals surface area (Å²) >= 11 is 3.46. The highest BCUT2D eigenvalue weighted by Crippen LogP contribution is 2.33. The highest BCUT2D eigenvalue weighted by atomic mass is 79.9. The van der Waals surface area contributed by atoms with Crippen molar-refractivity contribution in [1.29, 1.82) is 0 Å². The van der Waals surface area contributed by atoms with E-state index in [2.05, 4.69) is 21.2 Å². The molecule has 0 aliphatic heterocycles. The molecule has 1 N–H and O–H groups in total. The van der Waals surface area contributed by atoms with Gasteiger partial charge in [-0.3, -0.25) is 13.9 Å². The van der Waals surface area contributed by atoms with Gasteiger partial charge in [0.2, 0.25) is 11.8 Å². The molecule has 1 unspecified atom stereocenters. The smallest absolute Gasteiger partial charge is 0.264 e. The molecular formula is C38H44BrN3O7S. The number of amides is 2. The number of hydrogen-bond donors (Lipinski definition) is 1. The molecule has 4 aromatic rings. The molecule has 4 rings (SSSR count). The summed E-state index contributed by atoms with van der Waals surface area (Å²) in [6.45, 7) is 6.14. The Labute approximate surface area is 303 Å². The largest absolute Gasteiger partial charge is 0.494 e. The van der Waals surface area contributed by atoms with Crippen LogP contribution in [0.25, 0.3) is 0 Å². The molecule has 0 aromatic heterocycles. The van der Waals surface area contributed by atoms with Crippen LogP contribution in [0, 0.1) is 5.92 Å². The molecule has 0 heterocycles. The number of carbonyl (C=O) groups excluding carboxylic acids is 2. The molecular weight excluding hydrogens is 722 g/mol. The van der Waals surface area contributed by atoms with Gasteiger partial charge in [0.15, 0.2) is 11.5 Å². The van der Waals surface area contributed by atoms with Crippen LogP contribution < -0.4 is 23.8 Å². The van der Waals surface area contributed by atoms with E-state index in [0.29, 0.717) is 24.7 Å². The number of nitrogens with zero attached hydrogens (tertiary/aromatic N) is 2. The molecule has 2 amide bonds. The minimum absolute atomic E-state index is 0.0617. The Morgan fingerprint density at radius 1 is 0.840 bits per heavy atom. The van der Waals surface area contributed by atoms with Gasteiger partial charge in [0.25, 0.3) is 10.0 Å². The third-order valence-corrected chi connectivity index (χ3v) is 10.2. The highest BCUT2D eigenvalue weighted by Gasteiger charge is 2.35. The van der Waals surface area contributed by atoms with Crippen molar-refractivity contribution in [1.82, 2.24) is 10.2 Å². The number of benzene rings is 4. The van der Waals surface area contributed by atoms with Crippen LogP contribution in [0.1, 0.15) is 31.9 Å². The minimum atomic E-state index is -4.37. The van der Waals surface area contributed by atoms with Crippen molar-refractivity contribution in [2.45, 2.75) is 44.7 Å². The zero-order chi connectivity index (χ0) is 36.3. The lowest BCUT2D eigenvalue weighted by molar-refractivity contribution is -0.140. The van der Waals surface area contributed by atoms with Gasteiger partial charge in [-0.2, -0.15) is 0 Å². The van der Waals surface area contributed by atoms with E-state index >= 15 is 0 Å². The van der Waals surface area contributed by atoms with Crippen molar-refractivity contribution < 1.29 is 32.2 Å². The van der Waals surface area contributed by atoms with Crippen LogP contribution in [0.15, 0.2) is 106 Å². The van der Waals surface area contributed by atoms with Crippen LogP contribution in [-0.2, 0) is 32.6 Å². The van der Waals surface area contributed by atoms with E-state index in [1.165, 1.54) is 37.3 Å². The minimum Gasteiger partial charge on any atom is -0.494 e. The van der Waals surface area contributed by atoms with E-state index in [1.54, 1.807) is 24.3 Å². The van der Waals surface area contributed by atoms with Gasteiger partial charge in [0.05, 0.1) is 31.4 Å². The average Bonchev–Trinajstić information content (AvgIpc) is 3.12. The zero-order valence-corrected chi connectivity index (χ0v) is 31.4. The van der Waals surface area contributed by atoms with E-state index in [9.17, 15) is 18.0 Å². The molecule has 10 nitrogen and oxygen atoms in total. The molecule has 4 aromatic carbocycles. The Balaban J connectivity index is 1.83. The number of ether oxygens (including phenoxy) is 3. The molecule has 12 heteroatoms. The van der Waals surface area contributed by atoms with E-state index < -0.39 is 28.5 Å². The highest BCUT2D eigenvalue weighted by molar-refractivity contribution is 9.10. The first-order valence-electron chi connectivity index (χ1n) is 16.3. The summed E-state index contributed by atoms with van der Waals surface area (Å²) in [6, 6.07) is 26.7. The molecule has 1 atom stereocenters. The fraction of sp³-hybridized carbons (Fsp3) is 0.316. The van der Waals surface area contributed by atoms with Gasteiger partial charge in [-0.05, 0) is 72.5 Å². The number of halogens is 1. The predicted octanol–water partition coefficient (Wildman–Crippen LogP) is 6.47. The summed E-state index contributed by atoms with van der Waals surface area (Å²) in [6.07, 6.45) is 0.221. The maximum Gasteiger partial charge on any atom is 0.264 e. The summed E-state index contributed by atoms with van der Waals surface area (Å²) in [7, 11) is -1.49. The molecule has 0 saturated heterocycles. The number of hydrogen-bond acceptors (Lipinski definition) is 7. The van der Waals surface area contributed by atoms with Crippen LogP contribution >= 0.6 is 15.9 Å². The molecule has 266 valence electrons. The van der Waals surface area contributed by atoms with Crippen LogP contribution in [0.3, 0.4) is 0 Å². The first kappa shape index (κ1) is 38.3. The molecule has 0 saturated carbocycles. The quantitative estimate of drug-likeness (QED) is 0.131. The van der Waals surface area contributed by atoms with Gasteiger partial charge in [-0.25, -0.2) is 8.42 Å². The number of anilines is 1. The fourth-order valence-corrected chi connectivity index (χ4v) is 6.97. The van der Waals surface area contributed by atoms with Gasteiger partial charge in [0, 0.05) is 30.0 Å². The number of methoxy groups -OCH3 is 2. The lowest BCUT2D eigenvalue weighted by Gasteiger charge is -2.34. The molecule has 0 spiro atoms. The van der Waals surface area contributed by atoms with Crippen molar-refractivity contribution in [3.63, 3.8) is 0 Å². The van der Waals surface area contributed by atoms with E-state index in [0.717, 1.165) is 19.9 Å². The number of sulfonamides is 1. The Morgan fingerprint density at radius 3 is 2.10 bits per heavy atom. The lowest BCUT2D eigenvalue weighted by atomic mass is 10.0. The van der Waals surface area contributed by atoms with Crippen molar-refractivity contribution in [2.24, 2.45) is 5.92 Å². The lowest BCUT2D eigenvalue weighted by Crippen LogP contribution is -2.53. The van der Waals surface area contributed by atoms with Gasteiger partial charge in [-0.15, -0.1) is 0 Å². The number of rotatable bonds is 17.